The van der Waals surface area contributed by atoms with E-state index in [1.54, 1.807) is 0 Å². The minimum absolute atomic E-state index is 0.0327. The van der Waals surface area contributed by atoms with Crippen molar-refractivity contribution in [2.24, 2.45) is 5.73 Å². The van der Waals surface area contributed by atoms with Gasteiger partial charge in [-0.1, -0.05) is 0 Å². The molecular formula is C16H24N4. The Morgan fingerprint density at radius 3 is 2.55 bits per heavy atom. The Kier molecular flexibility index (Phi) is 3.28. The summed E-state index contributed by atoms with van der Waals surface area (Å²) in [4.78, 5) is 9.10. The number of rotatable bonds is 1. The molecular weight excluding hydrogens is 248 g/mol. The van der Waals surface area contributed by atoms with Crippen LogP contribution >= 0.6 is 0 Å². The van der Waals surface area contributed by atoms with Crippen molar-refractivity contribution in [3.8, 4) is 0 Å². The predicted octanol–water partition coefficient (Wildman–Crippen LogP) is 3.17. The highest BCUT2D eigenvalue weighted by Gasteiger charge is 2.29. The van der Waals surface area contributed by atoms with E-state index in [1.807, 2.05) is 12.4 Å². The first-order valence-corrected chi connectivity index (χ1v) is 7.55. The first-order valence-electron chi connectivity index (χ1n) is 7.55. The molecule has 3 rings (SSSR count). The maximum Gasteiger partial charge on any atom is 0.113 e. The van der Waals surface area contributed by atoms with E-state index in [9.17, 15) is 0 Å². The van der Waals surface area contributed by atoms with Crippen LogP contribution in [-0.2, 0) is 5.54 Å². The number of imidazole rings is 1. The zero-order valence-corrected chi connectivity index (χ0v) is 12.6. The molecule has 1 aliphatic rings. The summed E-state index contributed by atoms with van der Waals surface area (Å²) >= 11 is 0. The molecule has 2 aromatic rings. The van der Waals surface area contributed by atoms with Gasteiger partial charge in [-0.05, 0) is 52.5 Å². The Hall–Kier alpha value is -1.42. The van der Waals surface area contributed by atoms with E-state index < -0.39 is 0 Å². The molecule has 0 bridgehead atoms. The van der Waals surface area contributed by atoms with Gasteiger partial charge in [-0.15, -0.1) is 0 Å². The monoisotopic (exact) mass is 272 g/mol. The molecule has 0 amide bonds. The van der Waals surface area contributed by atoms with Gasteiger partial charge in [0.05, 0.1) is 11.7 Å². The molecule has 0 atom stereocenters. The van der Waals surface area contributed by atoms with Crippen molar-refractivity contribution in [2.75, 3.05) is 0 Å². The Labute approximate surface area is 120 Å². The van der Waals surface area contributed by atoms with E-state index in [1.165, 1.54) is 11.3 Å². The van der Waals surface area contributed by atoms with Crippen molar-refractivity contribution in [1.82, 2.24) is 14.5 Å². The highest BCUT2D eigenvalue weighted by atomic mass is 15.1. The molecule has 0 saturated heterocycles. The van der Waals surface area contributed by atoms with Crippen LogP contribution in [0.25, 0.3) is 11.0 Å². The summed E-state index contributed by atoms with van der Waals surface area (Å²) in [6.45, 7) is 6.73. The molecule has 0 aliphatic heterocycles. The van der Waals surface area contributed by atoms with Gasteiger partial charge >= 0.3 is 0 Å². The van der Waals surface area contributed by atoms with Crippen LogP contribution in [0.15, 0.2) is 18.5 Å². The van der Waals surface area contributed by atoms with Crippen molar-refractivity contribution < 1.29 is 0 Å². The lowest BCUT2D eigenvalue weighted by Crippen LogP contribution is -2.30. The van der Waals surface area contributed by atoms with E-state index in [4.69, 9.17) is 10.7 Å². The molecule has 1 fully saturated rings. The summed E-state index contributed by atoms with van der Waals surface area (Å²) in [6.07, 6.45) is 8.23. The van der Waals surface area contributed by atoms with Gasteiger partial charge in [0, 0.05) is 23.7 Å². The Morgan fingerprint density at radius 1 is 1.20 bits per heavy atom. The maximum absolute atomic E-state index is 6.04. The minimum Gasteiger partial charge on any atom is -0.328 e. The molecule has 2 aromatic heterocycles. The molecule has 0 unspecified atom stereocenters. The van der Waals surface area contributed by atoms with Gasteiger partial charge in [0.15, 0.2) is 0 Å². The molecule has 4 nitrogen and oxygen atoms in total. The topological polar surface area (TPSA) is 56.7 Å². The lowest BCUT2D eigenvalue weighted by atomic mass is 9.85. The minimum atomic E-state index is 0.0327. The fraction of sp³-hybridized carbons (Fsp3) is 0.625. The number of nitrogens with zero attached hydrogens (tertiary/aromatic N) is 3. The normalized spacial score (nSPS) is 24.2. The van der Waals surface area contributed by atoms with E-state index >= 15 is 0 Å². The van der Waals surface area contributed by atoms with Crippen molar-refractivity contribution in [3.05, 3.63) is 24.3 Å². The Bertz CT molecular complexity index is 600. The van der Waals surface area contributed by atoms with Crippen LogP contribution < -0.4 is 5.73 Å². The van der Waals surface area contributed by atoms with E-state index in [-0.39, 0.29) is 5.54 Å². The summed E-state index contributed by atoms with van der Waals surface area (Å²) in [5, 5.41) is 0. The highest BCUT2D eigenvalue weighted by Crippen LogP contribution is 2.36. The first-order chi connectivity index (χ1) is 9.47. The van der Waals surface area contributed by atoms with Gasteiger partial charge in [0.25, 0.3) is 0 Å². The lowest BCUT2D eigenvalue weighted by molar-refractivity contribution is 0.338. The van der Waals surface area contributed by atoms with Crippen LogP contribution in [0.5, 0.6) is 0 Å². The first kappa shape index (κ1) is 13.6. The molecule has 1 saturated carbocycles. The van der Waals surface area contributed by atoms with Crippen molar-refractivity contribution in [1.29, 1.82) is 0 Å². The summed E-state index contributed by atoms with van der Waals surface area (Å²) in [5.74, 6) is 1.74. The average Bonchev–Trinajstić information content (AvgIpc) is 2.78. The average molecular weight is 272 g/mol. The second-order valence-electron chi connectivity index (χ2n) is 6.95. The second-order valence-corrected chi connectivity index (χ2v) is 6.95. The molecule has 0 aromatic carbocycles. The smallest absolute Gasteiger partial charge is 0.113 e. The number of pyridine rings is 1. The second kappa shape index (κ2) is 4.85. The van der Waals surface area contributed by atoms with Crippen LogP contribution in [0.2, 0.25) is 0 Å². The molecule has 1 aliphatic carbocycles. The molecule has 0 spiro atoms. The Balaban J connectivity index is 2.10. The number of hydrogen-bond donors (Lipinski definition) is 1. The third-order valence-electron chi connectivity index (χ3n) is 4.29. The predicted molar refractivity (Wildman–Crippen MR) is 81.7 cm³/mol. The van der Waals surface area contributed by atoms with Gasteiger partial charge in [-0.2, -0.15) is 0 Å². The largest absolute Gasteiger partial charge is 0.328 e. The molecule has 2 N–H and O–H groups in total. The standard InChI is InChI=1S/C16H24N4/c1-16(2,3)20-14-8-9-18-10-13(14)19-15(20)11-4-6-12(17)7-5-11/h8-12H,4-7,17H2,1-3H3. The number of fused-ring (bicyclic) bond motifs is 1. The van der Waals surface area contributed by atoms with Crippen molar-refractivity contribution >= 4 is 11.0 Å². The van der Waals surface area contributed by atoms with E-state index in [2.05, 4.69) is 36.4 Å². The van der Waals surface area contributed by atoms with Gasteiger partial charge in [-0.3, -0.25) is 4.98 Å². The number of nitrogens with two attached hydrogens (primary N) is 1. The molecule has 0 radical (unpaired) electrons. The van der Waals surface area contributed by atoms with Crippen LogP contribution in [0.3, 0.4) is 0 Å². The lowest BCUT2D eigenvalue weighted by Gasteiger charge is -2.31. The van der Waals surface area contributed by atoms with Crippen LogP contribution in [0, 0.1) is 0 Å². The zero-order chi connectivity index (χ0) is 14.3. The van der Waals surface area contributed by atoms with Crippen LogP contribution in [0.4, 0.5) is 0 Å². The number of hydrogen-bond acceptors (Lipinski definition) is 3. The Morgan fingerprint density at radius 2 is 1.90 bits per heavy atom. The molecule has 20 heavy (non-hydrogen) atoms. The quantitative estimate of drug-likeness (QED) is 0.867. The summed E-state index contributed by atoms with van der Waals surface area (Å²) in [5.41, 5.74) is 8.27. The third-order valence-corrected chi connectivity index (χ3v) is 4.29. The van der Waals surface area contributed by atoms with Gasteiger partial charge in [0.2, 0.25) is 0 Å². The van der Waals surface area contributed by atoms with Gasteiger partial charge in [0.1, 0.15) is 11.3 Å². The van der Waals surface area contributed by atoms with Gasteiger partial charge in [-0.25, -0.2) is 4.98 Å². The third kappa shape index (κ3) is 2.33. The fourth-order valence-electron chi connectivity index (χ4n) is 3.31. The summed E-state index contributed by atoms with van der Waals surface area (Å²) in [7, 11) is 0. The SMILES string of the molecule is CC(C)(C)n1c(C2CCC(N)CC2)nc2cnccc21. The molecule has 108 valence electrons. The van der Waals surface area contributed by atoms with Crippen molar-refractivity contribution in [2.45, 2.75) is 64.0 Å². The number of aromatic nitrogens is 3. The fourth-order valence-corrected chi connectivity index (χ4v) is 3.31. The van der Waals surface area contributed by atoms with Crippen molar-refractivity contribution in [3.63, 3.8) is 0 Å². The van der Waals surface area contributed by atoms with Gasteiger partial charge < -0.3 is 10.3 Å². The molecule has 2 heterocycles. The highest BCUT2D eigenvalue weighted by molar-refractivity contribution is 5.75. The van der Waals surface area contributed by atoms with Crippen LogP contribution in [0.1, 0.15) is 58.2 Å². The maximum atomic E-state index is 6.04. The zero-order valence-electron chi connectivity index (χ0n) is 12.6. The molecule has 4 heteroatoms. The van der Waals surface area contributed by atoms with E-state index in [0.29, 0.717) is 12.0 Å². The van der Waals surface area contributed by atoms with E-state index in [0.717, 1.165) is 31.2 Å². The van der Waals surface area contributed by atoms with Crippen LogP contribution in [-0.4, -0.2) is 20.6 Å². The summed E-state index contributed by atoms with van der Waals surface area (Å²) in [6, 6.07) is 2.45. The summed E-state index contributed by atoms with van der Waals surface area (Å²) < 4.78 is 2.39.